The van der Waals surface area contributed by atoms with Crippen LogP contribution in [-0.2, 0) is 4.74 Å². The van der Waals surface area contributed by atoms with E-state index in [9.17, 15) is 5.11 Å². The molecule has 7 nitrogen and oxygen atoms in total. The zero-order valence-corrected chi connectivity index (χ0v) is 18.1. The maximum Gasteiger partial charge on any atom is 0.185 e. The van der Waals surface area contributed by atoms with Crippen LogP contribution in [-0.4, -0.2) is 76.2 Å². The highest BCUT2D eigenvalue weighted by molar-refractivity contribution is 6.11. The van der Waals surface area contributed by atoms with Gasteiger partial charge in [-0.1, -0.05) is 22.9 Å². The summed E-state index contributed by atoms with van der Waals surface area (Å²) >= 11 is 0. The zero-order chi connectivity index (χ0) is 21.7. The summed E-state index contributed by atoms with van der Waals surface area (Å²) in [6.45, 7) is 3.77. The van der Waals surface area contributed by atoms with Gasteiger partial charge in [-0.05, 0) is 53.0 Å². The first kappa shape index (κ1) is 19.5. The molecule has 3 aliphatic heterocycles. The molecule has 162 valence electrons. The first-order valence-corrected chi connectivity index (χ1v) is 11.2. The third-order valence-corrected chi connectivity index (χ3v) is 6.83. The number of likely N-dealkylation sites (tertiary alicyclic amines) is 1. The first-order valence-electron chi connectivity index (χ1n) is 11.2. The molecule has 0 saturated carbocycles. The third-order valence-electron chi connectivity index (χ3n) is 6.83. The molecule has 2 atom stereocenters. The molecule has 1 aliphatic carbocycles. The van der Waals surface area contributed by atoms with Crippen LogP contribution < -0.4 is 0 Å². The Balaban J connectivity index is 1.16. The monoisotopic (exact) mass is 428 g/mol. The second-order valence-electron chi connectivity index (χ2n) is 8.97. The van der Waals surface area contributed by atoms with Gasteiger partial charge in [-0.25, -0.2) is 0 Å². The lowest BCUT2D eigenvalue weighted by atomic mass is 9.91. The molecule has 2 unspecified atom stereocenters. The number of benzene rings is 1. The van der Waals surface area contributed by atoms with Gasteiger partial charge in [0.05, 0.1) is 18.0 Å². The predicted molar refractivity (Wildman–Crippen MR) is 123 cm³/mol. The average molecular weight is 429 g/mol. The standard InChI is InChI=1S/C25H25N5O2/c1-29-12-18-10-16(3-5-23(18)28-29)17-2-4-21(25(31)11-17)24-7-6-22(26-27-24)19-13-30(14-19)20-8-9-32-15-20/h2-7,10-12,18-20H,8-9,13-15H2,1H3/p+1. The number of fused-ring (bicyclic) bond motifs is 1. The smallest absolute Gasteiger partial charge is 0.185 e. The molecule has 2 aromatic rings. The fourth-order valence-corrected chi connectivity index (χ4v) is 4.92. The summed E-state index contributed by atoms with van der Waals surface area (Å²) in [7, 11) is 1.94. The molecule has 32 heavy (non-hydrogen) atoms. The van der Waals surface area contributed by atoms with Crippen LogP contribution in [0.4, 0.5) is 0 Å². The van der Waals surface area contributed by atoms with E-state index >= 15 is 0 Å². The van der Waals surface area contributed by atoms with Gasteiger partial charge in [0.2, 0.25) is 0 Å². The Labute approximate surface area is 187 Å². The fraction of sp³-hybridized carbons (Fsp3) is 0.360. The molecular weight excluding hydrogens is 402 g/mol. The molecule has 4 aliphatic rings. The van der Waals surface area contributed by atoms with Gasteiger partial charge >= 0.3 is 0 Å². The zero-order valence-electron chi connectivity index (χ0n) is 18.1. The van der Waals surface area contributed by atoms with E-state index in [1.54, 1.807) is 6.07 Å². The van der Waals surface area contributed by atoms with Crippen molar-refractivity contribution in [2.24, 2.45) is 11.0 Å². The van der Waals surface area contributed by atoms with Gasteiger partial charge in [-0.2, -0.15) is 10.2 Å². The summed E-state index contributed by atoms with van der Waals surface area (Å²) in [5, 5.41) is 24.1. The highest BCUT2D eigenvalue weighted by Gasteiger charge is 2.35. The average Bonchev–Trinajstić information content (AvgIpc) is 3.41. The summed E-state index contributed by atoms with van der Waals surface area (Å²) in [4.78, 5) is 2.47. The minimum absolute atomic E-state index is 0.184. The molecule has 7 heteroatoms. The number of aromatic nitrogens is 2. The van der Waals surface area contributed by atoms with Crippen LogP contribution in [0.15, 0.2) is 53.7 Å². The van der Waals surface area contributed by atoms with E-state index in [0.29, 0.717) is 23.2 Å². The van der Waals surface area contributed by atoms with Gasteiger partial charge in [0, 0.05) is 37.2 Å². The maximum atomic E-state index is 10.7. The van der Waals surface area contributed by atoms with Crippen LogP contribution in [0, 0.1) is 5.92 Å². The number of hydrazone groups is 1. The summed E-state index contributed by atoms with van der Waals surface area (Å²) < 4.78 is 7.34. The topological polar surface area (TPSA) is 73.9 Å². The van der Waals surface area contributed by atoms with Crippen molar-refractivity contribution in [2.45, 2.75) is 18.4 Å². The third kappa shape index (κ3) is 3.47. The van der Waals surface area contributed by atoms with Gasteiger partial charge in [0.15, 0.2) is 13.3 Å². The lowest BCUT2D eigenvalue weighted by molar-refractivity contribution is -0.495. The Morgan fingerprint density at radius 1 is 1.12 bits per heavy atom. The number of allylic oxidation sites excluding steroid dienone is 4. The summed E-state index contributed by atoms with van der Waals surface area (Å²) in [6.07, 6.45) is 9.46. The molecule has 0 bridgehead atoms. The van der Waals surface area contributed by atoms with Crippen LogP contribution in [0.1, 0.15) is 23.6 Å². The van der Waals surface area contributed by atoms with Gasteiger partial charge in [-0.15, -0.1) is 0 Å². The van der Waals surface area contributed by atoms with Crippen LogP contribution in [0.25, 0.3) is 16.8 Å². The summed E-state index contributed by atoms with van der Waals surface area (Å²) in [6, 6.07) is 10.3. The highest BCUT2D eigenvalue weighted by Crippen LogP contribution is 2.34. The van der Waals surface area contributed by atoms with E-state index in [-0.39, 0.29) is 11.7 Å². The molecule has 1 aromatic carbocycles. The number of hydrogen-bond donors (Lipinski definition) is 1. The van der Waals surface area contributed by atoms with E-state index in [1.807, 2.05) is 48.1 Å². The molecule has 0 spiro atoms. The number of rotatable bonds is 4. The highest BCUT2D eigenvalue weighted by atomic mass is 16.5. The molecule has 1 aromatic heterocycles. The van der Waals surface area contributed by atoms with Crippen LogP contribution in [0.2, 0.25) is 0 Å². The molecule has 1 N–H and O–H groups in total. The molecule has 2 saturated heterocycles. The lowest BCUT2D eigenvalue weighted by Crippen LogP contribution is -2.51. The SMILES string of the molecule is C[N+]1=CC2C=C(c3ccc(-c4ccc(C5CN(C6CCOC6)C5)nn4)c(O)c3)C=CC2=N1. The summed E-state index contributed by atoms with van der Waals surface area (Å²) in [5.41, 5.74) is 5.49. The first-order chi connectivity index (χ1) is 15.6. The number of phenols is 1. The van der Waals surface area contributed by atoms with Gasteiger partial charge in [-0.3, -0.25) is 4.90 Å². The van der Waals surface area contributed by atoms with Gasteiger partial charge in [0.25, 0.3) is 0 Å². The lowest BCUT2D eigenvalue weighted by Gasteiger charge is -2.42. The number of phenolic OH excluding ortho intramolecular Hbond substituents is 1. The van der Waals surface area contributed by atoms with Gasteiger partial charge < -0.3 is 9.84 Å². The van der Waals surface area contributed by atoms with E-state index in [2.05, 4.69) is 32.5 Å². The molecule has 0 amide bonds. The van der Waals surface area contributed by atoms with E-state index in [4.69, 9.17) is 4.74 Å². The van der Waals surface area contributed by atoms with Crippen molar-refractivity contribution in [1.82, 2.24) is 15.1 Å². The number of hydrogen-bond acceptors (Lipinski definition) is 6. The number of nitrogens with zero attached hydrogens (tertiary/aromatic N) is 5. The van der Waals surface area contributed by atoms with Crippen molar-refractivity contribution in [3.05, 3.63) is 59.8 Å². The number of aromatic hydroxyl groups is 1. The van der Waals surface area contributed by atoms with Crippen molar-refractivity contribution in [2.75, 3.05) is 33.4 Å². The van der Waals surface area contributed by atoms with E-state index in [0.717, 1.165) is 55.3 Å². The van der Waals surface area contributed by atoms with Crippen molar-refractivity contribution < 1.29 is 14.5 Å². The Hall–Kier alpha value is -3.16. The van der Waals surface area contributed by atoms with E-state index in [1.165, 1.54) is 0 Å². The Kier molecular flexibility index (Phi) is 4.73. The summed E-state index contributed by atoms with van der Waals surface area (Å²) in [5.74, 6) is 0.823. The quantitative estimate of drug-likeness (QED) is 0.758. The Morgan fingerprint density at radius 3 is 2.78 bits per heavy atom. The minimum atomic E-state index is 0.184. The maximum absolute atomic E-state index is 10.7. The predicted octanol–water partition coefficient (Wildman–Crippen LogP) is 2.69. The molecule has 4 heterocycles. The Morgan fingerprint density at radius 2 is 2.03 bits per heavy atom. The normalized spacial score (nSPS) is 25.2. The van der Waals surface area contributed by atoms with Crippen molar-refractivity contribution in [1.29, 1.82) is 0 Å². The van der Waals surface area contributed by atoms with Crippen molar-refractivity contribution in [3.63, 3.8) is 0 Å². The van der Waals surface area contributed by atoms with Gasteiger partial charge in [0.1, 0.15) is 17.4 Å². The largest absolute Gasteiger partial charge is 0.507 e. The fourth-order valence-electron chi connectivity index (χ4n) is 4.92. The molecular formula is C25H26N5O2+. The number of ether oxygens (including phenoxy) is 1. The second-order valence-corrected chi connectivity index (χ2v) is 8.97. The Bertz CT molecular complexity index is 1170. The van der Waals surface area contributed by atoms with Crippen molar-refractivity contribution in [3.8, 4) is 17.0 Å². The second kappa shape index (κ2) is 7.76. The van der Waals surface area contributed by atoms with Crippen LogP contribution in [0.5, 0.6) is 5.75 Å². The van der Waals surface area contributed by atoms with Crippen LogP contribution >= 0.6 is 0 Å². The van der Waals surface area contributed by atoms with Crippen LogP contribution in [0.3, 0.4) is 0 Å². The van der Waals surface area contributed by atoms with E-state index < -0.39 is 0 Å². The molecule has 2 fully saturated rings. The molecule has 6 rings (SSSR count). The molecule has 0 radical (unpaired) electrons. The minimum Gasteiger partial charge on any atom is -0.507 e. The van der Waals surface area contributed by atoms with Crippen molar-refractivity contribution >= 4 is 17.5 Å².